The zero-order valence-corrected chi connectivity index (χ0v) is 12.1. The van der Waals surface area contributed by atoms with E-state index in [2.05, 4.69) is 28.2 Å². The predicted octanol–water partition coefficient (Wildman–Crippen LogP) is 1.28. The molecule has 0 saturated heterocycles. The topological polar surface area (TPSA) is 44.7 Å². The average Bonchev–Trinajstić information content (AvgIpc) is 2.86. The Morgan fingerprint density at radius 2 is 1.95 bits per heavy atom. The summed E-state index contributed by atoms with van der Waals surface area (Å²) in [6, 6.07) is 4.20. The second-order valence-electron chi connectivity index (χ2n) is 4.32. The SMILES string of the molecule is COCCCOCCn1cccc1CNCCOC. The summed E-state index contributed by atoms with van der Waals surface area (Å²) in [6.45, 7) is 5.62. The summed E-state index contributed by atoms with van der Waals surface area (Å²) in [5.41, 5.74) is 1.27. The largest absolute Gasteiger partial charge is 0.385 e. The van der Waals surface area contributed by atoms with E-state index in [0.29, 0.717) is 0 Å². The molecule has 0 unspecified atom stereocenters. The molecule has 0 atom stereocenters. The molecule has 0 fully saturated rings. The fourth-order valence-electron chi connectivity index (χ4n) is 1.79. The van der Waals surface area contributed by atoms with Crippen molar-refractivity contribution in [3.63, 3.8) is 0 Å². The lowest BCUT2D eigenvalue weighted by atomic mass is 10.4. The van der Waals surface area contributed by atoms with Crippen molar-refractivity contribution < 1.29 is 14.2 Å². The highest BCUT2D eigenvalue weighted by molar-refractivity contribution is 5.06. The third-order valence-corrected chi connectivity index (χ3v) is 2.83. The lowest BCUT2D eigenvalue weighted by Gasteiger charge is -2.10. The van der Waals surface area contributed by atoms with Gasteiger partial charge in [0.1, 0.15) is 0 Å². The molecule has 0 radical (unpaired) electrons. The van der Waals surface area contributed by atoms with Crippen LogP contribution in [0.5, 0.6) is 0 Å². The van der Waals surface area contributed by atoms with Gasteiger partial charge in [-0.3, -0.25) is 0 Å². The highest BCUT2D eigenvalue weighted by Gasteiger charge is 2.00. The molecule has 0 aromatic carbocycles. The summed E-state index contributed by atoms with van der Waals surface area (Å²) in [6.07, 6.45) is 3.04. The van der Waals surface area contributed by atoms with E-state index in [1.807, 2.05) is 0 Å². The van der Waals surface area contributed by atoms with E-state index in [1.54, 1.807) is 14.2 Å². The molecule has 1 rings (SSSR count). The standard InChI is InChI=1S/C14H26N2O3/c1-17-9-4-10-19-12-8-16-7-3-5-14(16)13-15-6-11-18-2/h3,5,7,15H,4,6,8-13H2,1-2H3. The van der Waals surface area contributed by atoms with E-state index in [4.69, 9.17) is 14.2 Å². The molecule has 0 aliphatic heterocycles. The summed E-state index contributed by atoms with van der Waals surface area (Å²) in [5, 5.41) is 3.34. The molecule has 5 heteroatoms. The molecule has 110 valence electrons. The summed E-state index contributed by atoms with van der Waals surface area (Å²) in [5.74, 6) is 0. The Kier molecular flexibility index (Phi) is 9.36. The molecule has 1 aromatic rings. The van der Waals surface area contributed by atoms with Gasteiger partial charge in [-0.15, -0.1) is 0 Å². The number of ether oxygens (including phenoxy) is 3. The van der Waals surface area contributed by atoms with Gasteiger partial charge in [-0.2, -0.15) is 0 Å². The lowest BCUT2D eigenvalue weighted by molar-refractivity contribution is 0.0973. The number of nitrogens with zero attached hydrogens (tertiary/aromatic N) is 1. The van der Waals surface area contributed by atoms with Crippen LogP contribution in [-0.2, 0) is 27.3 Å². The molecule has 1 heterocycles. The van der Waals surface area contributed by atoms with Gasteiger partial charge >= 0.3 is 0 Å². The van der Waals surface area contributed by atoms with Crippen LogP contribution in [0.1, 0.15) is 12.1 Å². The Balaban J connectivity index is 2.13. The third kappa shape index (κ3) is 7.32. The molecule has 0 bridgehead atoms. The van der Waals surface area contributed by atoms with Gasteiger partial charge in [0.05, 0.1) is 13.2 Å². The Labute approximate surface area is 115 Å². The van der Waals surface area contributed by atoms with Crippen molar-refractivity contribution in [3.05, 3.63) is 24.0 Å². The van der Waals surface area contributed by atoms with Gasteiger partial charge in [-0.05, 0) is 18.6 Å². The first-order chi connectivity index (χ1) is 9.38. The normalized spacial score (nSPS) is 11.1. The van der Waals surface area contributed by atoms with Gasteiger partial charge in [0.2, 0.25) is 0 Å². The van der Waals surface area contributed by atoms with Crippen molar-refractivity contribution >= 4 is 0 Å². The van der Waals surface area contributed by atoms with Crippen molar-refractivity contribution in [2.75, 3.05) is 47.2 Å². The monoisotopic (exact) mass is 270 g/mol. The maximum atomic E-state index is 5.57. The molecule has 5 nitrogen and oxygen atoms in total. The molecule has 0 aliphatic rings. The molecular formula is C14H26N2O3. The second kappa shape index (κ2) is 11.0. The average molecular weight is 270 g/mol. The second-order valence-corrected chi connectivity index (χ2v) is 4.32. The number of hydrogen-bond donors (Lipinski definition) is 1. The number of hydrogen-bond acceptors (Lipinski definition) is 4. The first kappa shape index (κ1) is 16.2. The van der Waals surface area contributed by atoms with E-state index in [0.717, 1.165) is 52.5 Å². The Bertz CT molecular complexity index is 315. The summed E-state index contributed by atoms with van der Waals surface area (Å²) in [4.78, 5) is 0. The van der Waals surface area contributed by atoms with Crippen LogP contribution < -0.4 is 5.32 Å². The highest BCUT2D eigenvalue weighted by Crippen LogP contribution is 2.02. The minimum Gasteiger partial charge on any atom is -0.385 e. The van der Waals surface area contributed by atoms with E-state index >= 15 is 0 Å². The number of nitrogens with one attached hydrogen (secondary N) is 1. The van der Waals surface area contributed by atoms with E-state index in [1.165, 1.54) is 5.69 Å². The van der Waals surface area contributed by atoms with E-state index < -0.39 is 0 Å². The molecule has 0 spiro atoms. The Hall–Kier alpha value is -0.880. The first-order valence-corrected chi connectivity index (χ1v) is 6.79. The first-order valence-electron chi connectivity index (χ1n) is 6.79. The Morgan fingerprint density at radius 3 is 2.74 bits per heavy atom. The quantitative estimate of drug-likeness (QED) is 0.581. The van der Waals surface area contributed by atoms with Crippen LogP contribution in [0, 0.1) is 0 Å². The van der Waals surface area contributed by atoms with Gasteiger partial charge in [0, 0.05) is 59.0 Å². The van der Waals surface area contributed by atoms with Gasteiger partial charge in [-0.1, -0.05) is 0 Å². The molecule has 19 heavy (non-hydrogen) atoms. The minimum atomic E-state index is 0.739. The summed E-state index contributed by atoms with van der Waals surface area (Å²) in [7, 11) is 3.42. The lowest BCUT2D eigenvalue weighted by Crippen LogP contribution is -2.21. The molecule has 1 N–H and O–H groups in total. The Morgan fingerprint density at radius 1 is 1.11 bits per heavy atom. The van der Waals surface area contributed by atoms with E-state index in [9.17, 15) is 0 Å². The van der Waals surface area contributed by atoms with Crippen LogP contribution in [0.3, 0.4) is 0 Å². The van der Waals surface area contributed by atoms with Crippen LogP contribution in [0.4, 0.5) is 0 Å². The fourth-order valence-corrected chi connectivity index (χ4v) is 1.79. The minimum absolute atomic E-state index is 0.739. The predicted molar refractivity (Wildman–Crippen MR) is 75.3 cm³/mol. The van der Waals surface area contributed by atoms with Crippen molar-refractivity contribution in [2.24, 2.45) is 0 Å². The zero-order valence-electron chi connectivity index (χ0n) is 12.1. The van der Waals surface area contributed by atoms with Crippen LogP contribution >= 0.6 is 0 Å². The van der Waals surface area contributed by atoms with Crippen molar-refractivity contribution in [1.82, 2.24) is 9.88 Å². The smallest absolute Gasteiger partial charge is 0.0645 e. The number of aromatic nitrogens is 1. The van der Waals surface area contributed by atoms with E-state index in [-0.39, 0.29) is 0 Å². The molecule has 0 amide bonds. The number of methoxy groups -OCH3 is 2. The summed E-state index contributed by atoms with van der Waals surface area (Å²) < 4.78 is 17.8. The molecular weight excluding hydrogens is 244 g/mol. The van der Waals surface area contributed by atoms with Gasteiger partial charge in [0.25, 0.3) is 0 Å². The molecule has 1 aromatic heterocycles. The van der Waals surface area contributed by atoms with Gasteiger partial charge in [-0.25, -0.2) is 0 Å². The third-order valence-electron chi connectivity index (χ3n) is 2.83. The van der Waals surface area contributed by atoms with Crippen molar-refractivity contribution in [1.29, 1.82) is 0 Å². The fraction of sp³-hybridized carbons (Fsp3) is 0.714. The van der Waals surface area contributed by atoms with Crippen LogP contribution in [-0.4, -0.2) is 51.8 Å². The van der Waals surface area contributed by atoms with Crippen LogP contribution in [0.25, 0.3) is 0 Å². The molecule has 0 aliphatic carbocycles. The number of rotatable bonds is 12. The summed E-state index contributed by atoms with van der Waals surface area (Å²) >= 11 is 0. The highest BCUT2D eigenvalue weighted by atomic mass is 16.5. The van der Waals surface area contributed by atoms with Gasteiger partial charge < -0.3 is 24.1 Å². The van der Waals surface area contributed by atoms with Crippen LogP contribution in [0.2, 0.25) is 0 Å². The molecule has 0 saturated carbocycles. The van der Waals surface area contributed by atoms with Gasteiger partial charge in [0.15, 0.2) is 0 Å². The van der Waals surface area contributed by atoms with Crippen molar-refractivity contribution in [2.45, 2.75) is 19.5 Å². The van der Waals surface area contributed by atoms with Crippen LogP contribution in [0.15, 0.2) is 18.3 Å². The van der Waals surface area contributed by atoms with Crippen molar-refractivity contribution in [3.8, 4) is 0 Å². The maximum absolute atomic E-state index is 5.57. The maximum Gasteiger partial charge on any atom is 0.0645 e. The zero-order chi connectivity index (χ0) is 13.8.